The Hall–Kier alpha value is -2.11. The van der Waals surface area contributed by atoms with Gasteiger partial charge in [-0.05, 0) is 60.2 Å². The van der Waals surface area contributed by atoms with E-state index in [4.69, 9.17) is 4.74 Å². The third-order valence-corrected chi connectivity index (χ3v) is 5.94. The van der Waals surface area contributed by atoms with E-state index in [0.29, 0.717) is 5.76 Å². The molecule has 0 heterocycles. The maximum atomic E-state index is 11.6. The largest absolute Gasteiger partial charge is 0.426 e. The molecule has 0 aromatic heterocycles. The van der Waals surface area contributed by atoms with Crippen LogP contribution in [-0.4, -0.2) is 22.7 Å². The Morgan fingerprint density at radius 2 is 1.81 bits per heavy atom. The van der Waals surface area contributed by atoms with E-state index >= 15 is 0 Å². The molecule has 0 amide bonds. The van der Waals surface area contributed by atoms with Crippen LogP contribution in [0.4, 0.5) is 0 Å². The summed E-state index contributed by atoms with van der Waals surface area (Å²) in [6.07, 6.45) is 5.77. The van der Waals surface area contributed by atoms with Crippen LogP contribution in [0, 0.1) is 0 Å². The maximum Gasteiger partial charge on any atom is 0.308 e. The van der Waals surface area contributed by atoms with Gasteiger partial charge in [-0.1, -0.05) is 18.2 Å². The SMILES string of the molecule is CSc1ccc2c(c1)C(OC(C)=O)=C(C)C2=Cc1ccc(S(C)=O)cc1. The molecule has 0 radical (unpaired) electrons. The molecule has 0 aliphatic heterocycles. The minimum absolute atomic E-state index is 0.323. The highest BCUT2D eigenvalue weighted by Gasteiger charge is 2.26. The van der Waals surface area contributed by atoms with Gasteiger partial charge in [-0.25, -0.2) is 0 Å². The van der Waals surface area contributed by atoms with E-state index in [2.05, 4.69) is 24.3 Å². The average Bonchev–Trinajstić information content (AvgIpc) is 2.87. The van der Waals surface area contributed by atoms with Crippen LogP contribution in [0.15, 0.2) is 57.8 Å². The van der Waals surface area contributed by atoms with Gasteiger partial charge in [-0.15, -0.1) is 11.8 Å². The monoisotopic (exact) mass is 384 g/mol. The van der Waals surface area contributed by atoms with Crippen molar-refractivity contribution in [3.63, 3.8) is 0 Å². The van der Waals surface area contributed by atoms with Crippen LogP contribution in [0.3, 0.4) is 0 Å². The number of fused-ring (bicyclic) bond motifs is 1. The zero-order valence-corrected chi connectivity index (χ0v) is 16.8. The summed E-state index contributed by atoms with van der Waals surface area (Å²) in [4.78, 5) is 13.5. The predicted octanol–water partition coefficient (Wildman–Crippen LogP) is 4.99. The van der Waals surface area contributed by atoms with Crippen molar-refractivity contribution in [2.24, 2.45) is 0 Å². The lowest BCUT2D eigenvalue weighted by molar-refractivity contribution is -0.134. The summed E-state index contributed by atoms with van der Waals surface area (Å²) in [7, 11) is -0.990. The molecule has 0 bridgehead atoms. The molecule has 3 nitrogen and oxygen atoms in total. The summed E-state index contributed by atoms with van der Waals surface area (Å²) < 4.78 is 17.1. The van der Waals surface area contributed by atoms with E-state index in [-0.39, 0.29) is 5.97 Å². The van der Waals surface area contributed by atoms with Gasteiger partial charge in [-0.3, -0.25) is 9.00 Å². The first-order valence-electron chi connectivity index (χ1n) is 8.14. The number of esters is 1. The molecule has 0 N–H and O–H groups in total. The van der Waals surface area contributed by atoms with Gasteiger partial charge in [0.05, 0.1) is 0 Å². The number of hydrogen-bond donors (Lipinski definition) is 0. The summed E-state index contributed by atoms with van der Waals surface area (Å²) in [5.74, 6) is 0.303. The summed E-state index contributed by atoms with van der Waals surface area (Å²) in [6.45, 7) is 3.39. The Kier molecular flexibility index (Phi) is 5.49. The first kappa shape index (κ1) is 18.7. The van der Waals surface area contributed by atoms with E-state index in [0.717, 1.165) is 37.6 Å². The van der Waals surface area contributed by atoms with Crippen molar-refractivity contribution in [1.29, 1.82) is 0 Å². The number of carbonyl (C=O) groups excluding carboxylic acids is 1. The molecule has 5 heteroatoms. The van der Waals surface area contributed by atoms with Crippen LogP contribution in [0.25, 0.3) is 17.4 Å². The fraction of sp³-hybridized carbons (Fsp3) is 0.190. The Morgan fingerprint density at radius 3 is 2.38 bits per heavy atom. The lowest BCUT2D eigenvalue weighted by atomic mass is 10.0. The normalized spacial score (nSPS) is 15.9. The Bertz CT molecular complexity index is 954. The fourth-order valence-corrected chi connectivity index (χ4v) is 3.94. The second kappa shape index (κ2) is 7.64. The molecule has 1 unspecified atom stereocenters. The topological polar surface area (TPSA) is 43.4 Å². The number of thioether (sulfide) groups is 1. The summed E-state index contributed by atoms with van der Waals surface area (Å²) in [5, 5.41) is 0. The van der Waals surface area contributed by atoms with Gasteiger partial charge in [0.25, 0.3) is 0 Å². The lowest BCUT2D eigenvalue weighted by Gasteiger charge is -2.07. The Labute approximate surface area is 160 Å². The van der Waals surface area contributed by atoms with Gasteiger partial charge < -0.3 is 4.74 Å². The third-order valence-electron chi connectivity index (χ3n) is 4.27. The summed E-state index contributed by atoms with van der Waals surface area (Å²) in [6, 6.07) is 13.9. The van der Waals surface area contributed by atoms with Gasteiger partial charge in [0.2, 0.25) is 0 Å². The van der Waals surface area contributed by atoms with E-state index in [1.165, 1.54) is 6.92 Å². The van der Waals surface area contributed by atoms with Crippen LogP contribution in [0.2, 0.25) is 0 Å². The van der Waals surface area contributed by atoms with Crippen molar-refractivity contribution < 1.29 is 13.7 Å². The molecule has 0 saturated carbocycles. The molecular weight excluding hydrogens is 364 g/mol. The van der Waals surface area contributed by atoms with Crippen LogP contribution >= 0.6 is 11.8 Å². The zero-order chi connectivity index (χ0) is 18.8. The molecule has 2 aromatic rings. The second-order valence-electron chi connectivity index (χ2n) is 6.04. The number of rotatable bonds is 4. The molecule has 3 rings (SSSR count). The fourth-order valence-electron chi connectivity index (χ4n) is 2.98. The smallest absolute Gasteiger partial charge is 0.308 e. The molecule has 134 valence electrons. The average molecular weight is 385 g/mol. The highest BCUT2D eigenvalue weighted by molar-refractivity contribution is 7.98. The van der Waals surface area contributed by atoms with E-state index in [9.17, 15) is 9.00 Å². The van der Waals surface area contributed by atoms with Gasteiger partial charge in [0, 0.05) is 44.9 Å². The minimum Gasteiger partial charge on any atom is -0.426 e. The van der Waals surface area contributed by atoms with Crippen molar-refractivity contribution in [3.05, 3.63) is 64.7 Å². The van der Waals surface area contributed by atoms with E-state index in [1.807, 2.05) is 37.4 Å². The van der Waals surface area contributed by atoms with E-state index in [1.54, 1.807) is 18.0 Å². The number of carbonyl (C=O) groups is 1. The van der Waals surface area contributed by atoms with Crippen LogP contribution < -0.4 is 0 Å². The highest BCUT2D eigenvalue weighted by atomic mass is 32.2. The van der Waals surface area contributed by atoms with Crippen LogP contribution in [-0.2, 0) is 20.3 Å². The third kappa shape index (κ3) is 3.69. The molecule has 0 spiro atoms. The zero-order valence-electron chi connectivity index (χ0n) is 15.2. The molecule has 0 fully saturated rings. The first-order chi connectivity index (χ1) is 12.4. The summed E-state index contributed by atoms with van der Waals surface area (Å²) in [5.41, 5.74) is 4.99. The number of hydrogen-bond acceptors (Lipinski definition) is 4. The van der Waals surface area contributed by atoms with Gasteiger partial charge in [-0.2, -0.15) is 0 Å². The Balaban J connectivity index is 2.10. The standard InChI is InChI=1S/C21H20O3S2/c1-13-19(11-15-5-8-17(9-6-15)26(4)23)18-10-7-16(25-3)12-20(18)21(13)24-14(2)22/h5-12H,1-4H3. The number of benzene rings is 2. The number of allylic oxidation sites excluding steroid dienone is 2. The van der Waals surface area contributed by atoms with Crippen molar-refractivity contribution in [3.8, 4) is 0 Å². The molecule has 1 atom stereocenters. The van der Waals surface area contributed by atoms with Gasteiger partial charge in [0.1, 0.15) is 5.76 Å². The van der Waals surface area contributed by atoms with E-state index < -0.39 is 10.8 Å². The molecule has 0 saturated heterocycles. The van der Waals surface area contributed by atoms with Crippen LogP contribution in [0.5, 0.6) is 0 Å². The lowest BCUT2D eigenvalue weighted by Crippen LogP contribution is -1.98. The molecular formula is C21H20O3S2. The highest BCUT2D eigenvalue weighted by Crippen LogP contribution is 2.43. The van der Waals surface area contributed by atoms with Crippen LogP contribution in [0.1, 0.15) is 30.5 Å². The van der Waals surface area contributed by atoms with Crippen molar-refractivity contribution in [1.82, 2.24) is 0 Å². The summed E-state index contributed by atoms with van der Waals surface area (Å²) >= 11 is 1.66. The van der Waals surface area contributed by atoms with Crippen molar-refractivity contribution >= 4 is 45.9 Å². The van der Waals surface area contributed by atoms with Crippen molar-refractivity contribution in [2.75, 3.05) is 12.5 Å². The first-order valence-corrected chi connectivity index (χ1v) is 10.9. The van der Waals surface area contributed by atoms with Gasteiger partial charge >= 0.3 is 5.97 Å². The van der Waals surface area contributed by atoms with Crippen molar-refractivity contribution in [2.45, 2.75) is 23.6 Å². The minimum atomic E-state index is -0.990. The number of ether oxygens (including phenoxy) is 1. The molecule has 2 aromatic carbocycles. The quantitative estimate of drug-likeness (QED) is 0.550. The second-order valence-corrected chi connectivity index (χ2v) is 8.30. The molecule has 1 aliphatic carbocycles. The molecule has 1 aliphatic rings. The van der Waals surface area contributed by atoms with Gasteiger partial charge in [0.15, 0.2) is 0 Å². The maximum absolute atomic E-state index is 11.6. The predicted molar refractivity (Wildman–Crippen MR) is 109 cm³/mol. The Morgan fingerprint density at radius 1 is 1.12 bits per heavy atom. The molecule has 26 heavy (non-hydrogen) atoms.